The molecule has 1 aliphatic heterocycles. The van der Waals surface area contributed by atoms with Crippen LogP contribution in [0.3, 0.4) is 0 Å². The molecular formula is C20H19ClN2O4. The van der Waals surface area contributed by atoms with Crippen molar-refractivity contribution in [2.75, 3.05) is 13.1 Å². The van der Waals surface area contributed by atoms with Crippen LogP contribution in [0.1, 0.15) is 12.1 Å². The van der Waals surface area contributed by atoms with Crippen LogP contribution in [0.5, 0.6) is 5.75 Å². The van der Waals surface area contributed by atoms with Crippen molar-refractivity contribution in [1.29, 1.82) is 0 Å². The second-order valence-electron chi connectivity index (χ2n) is 6.61. The molecule has 0 bridgehead atoms. The van der Waals surface area contributed by atoms with Gasteiger partial charge in [0.2, 0.25) is 5.91 Å². The van der Waals surface area contributed by atoms with Gasteiger partial charge in [-0.1, -0.05) is 28.9 Å². The summed E-state index contributed by atoms with van der Waals surface area (Å²) in [5.74, 6) is 0.547. The van der Waals surface area contributed by atoms with Crippen molar-refractivity contribution in [3.8, 4) is 5.75 Å². The molecule has 2 heterocycles. The highest BCUT2D eigenvalue weighted by Gasteiger charge is 2.32. The Kier molecular flexibility index (Phi) is 5.01. The lowest BCUT2D eigenvalue weighted by molar-refractivity contribution is -0.136. The van der Waals surface area contributed by atoms with Gasteiger partial charge < -0.3 is 19.3 Å². The van der Waals surface area contributed by atoms with Gasteiger partial charge in [-0.05, 0) is 42.8 Å². The van der Waals surface area contributed by atoms with Gasteiger partial charge in [-0.2, -0.15) is 0 Å². The molecule has 27 heavy (non-hydrogen) atoms. The molecule has 0 saturated carbocycles. The number of ether oxygens (including phenoxy) is 1. The zero-order valence-electron chi connectivity index (χ0n) is 14.5. The lowest BCUT2D eigenvalue weighted by Crippen LogP contribution is -2.51. The number of fused-ring (bicyclic) bond motifs is 1. The SMILES string of the molecule is O=C(Cc1noc2ccccc12)N1CC[C@@H](O)[C@H](Oc2ccc(Cl)cc2)C1. The van der Waals surface area contributed by atoms with E-state index in [1.54, 1.807) is 29.2 Å². The van der Waals surface area contributed by atoms with Crippen molar-refractivity contribution < 1.29 is 19.2 Å². The van der Waals surface area contributed by atoms with Gasteiger partial charge in [-0.15, -0.1) is 0 Å². The van der Waals surface area contributed by atoms with Gasteiger partial charge in [0.25, 0.3) is 0 Å². The Labute approximate surface area is 161 Å². The number of para-hydroxylation sites is 1. The van der Waals surface area contributed by atoms with Crippen LogP contribution in [-0.2, 0) is 11.2 Å². The topological polar surface area (TPSA) is 75.8 Å². The number of likely N-dealkylation sites (tertiary alicyclic amines) is 1. The van der Waals surface area contributed by atoms with Crippen LogP contribution >= 0.6 is 11.6 Å². The van der Waals surface area contributed by atoms with Crippen molar-refractivity contribution in [3.05, 3.63) is 59.2 Å². The van der Waals surface area contributed by atoms with E-state index in [0.717, 1.165) is 5.39 Å². The maximum absolute atomic E-state index is 12.7. The number of hydrogen-bond acceptors (Lipinski definition) is 5. The number of aliphatic hydroxyl groups excluding tert-OH is 1. The fourth-order valence-electron chi connectivity index (χ4n) is 3.26. The number of aliphatic hydroxyl groups is 1. The Morgan fingerprint density at radius 1 is 1.26 bits per heavy atom. The normalized spacial score (nSPS) is 20.0. The van der Waals surface area contributed by atoms with E-state index in [1.807, 2.05) is 24.3 Å². The molecule has 140 valence electrons. The number of nitrogens with zero attached hydrogens (tertiary/aromatic N) is 2. The second kappa shape index (κ2) is 7.58. The fourth-order valence-corrected chi connectivity index (χ4v) is 3.38. The van der Waals surface area contributed by atoms with Gasteiger partial charge in [0.1, 0.15) is 17.5 Å². The van der Waals surface area contributed by atoms with Gasteiger partial charge in [-0.3, -0.25) is 4.79 Å². The van der Waals surface area contributed by atoms with E-state index in [2.05, 4.69) is 5.16 Å². The minimum absolute atomic E-state index is 0.0642. The third kappa shape index (κ3) is 3.91. The van der Waals surface area contributed by atoms with Crippen LogP contribution in [0, 0.1) is 0 Å². The molecule has 3 aromatic rings. The molecule has 2 aromatic carbocycles. The quantitative estimate of drug-likeness (QED) is 0.745. The number of benzene rings is 2. The maximum atomic E-state index is 12.7. The zero-order chi connectivity index (χ0) is 18.8. The lowest BCUT2D eigenvalue weighted by atomic mass is 10.0. The second-order valence-corrected chi connectivity index (χ2v) is 7.04. The zero-order valence-corrected chi connectivity index (χ0v) is 15.3. The first-order chi connectivity index (χ1) is 13.1. The number of aromatic nitrogens is 1. The van der Waals surface area contributed by atoms with E-state index in [9.17, 15) is 9.90 Å². The number of carbonyl (C=O) groups is 1. The Hall–Kier alpha value is -2.57. The molecule has 1 saturated heterocycles. The molecule has 2 atom stereocenters. The molecule has 1 aromatic heterocycles. The Morgan fingerprint density at radius 2 is 2.04 bits per heavy atom. The first-order valence-corrected chi connectivity index (χ1v) is 9.19. The molecule has 0 aliphatic carbocycles. The summed E-state index contributed by atoms with van der Waals surface area (Å²) in [7, 11) is 0. The Bertz CT molecular complexity index is 941. The fraction of sp³-hybridized carbons (Fsp3) is 0.300. The predicted octanol–water partition coefficient (Wildman–Crippen LogP) is 3.06. The first-order valence-electron chi connectivity index (χ1n) is 8.81. The monoisotopic (exact) mass is 386 g/mol. The third-order valence-electron chi connectivity index (χ3n) is 4.75. The highest BCUT2D eigenvalue weighted by atomic mass is 35.5. The van der Waals surface area contributed by atoms with E-state index >= 15 is 0 Å². The van der Waals surface area contributed by atoms with Crippen molar-refractivity contribution in [1.82, 2.24) is 10.1 Å². The van der Waals surface area contributed by atoms with Crippen molar-refractivity contribution >= 4 is 28.5 Å². The highest BCUT2D eigenvalue weighted by Crippen LogP contribution is 2.23. The molecule has 0 unspecified atom stereocenters. The summed E-state index contributed by atoms with van der Waals surface area (Å²) in [4.78, 5) is 14.5. The van der Waals surface area contributed by atoms with Gasteiger partial charge in [0.05, 0.1) is 19.1 Å². The molecule has 1 aliphatic rings. The van der Waals surface area contributed by atoms with Crippen LogP contribution < -0.4 is 4.74 Å². The first kappa shape index (κ1) is 17.8. The summed E-state index contributed by atoms with van der Waals surface area (Å²) in [6.07, 6.45) is -0.500. The molecule has 4 rings (SSSR count). The molecule has 0 spiro atoms. The van der Waals surface area contributed by atoms with Crippen LogP contribution in [-0.4, -0.2) is 46.4 Å². The summed E-state index contributed by atoms with van der Waals surface area (Å²) >= 11 is 5.89. The smallest absolute Gasteiger partial charge is 0.228 e. The van der Waals surface area contributed by atoms with Crippen LogP contribution in [0.25, 0.3) is 11.0 Å². The number of rotatable bonds is 4. The molecule has 7 heteroatoms. The van der Waals surface area contributed by atoms with Gasteiger partial charge in [0, 0.05) is 17.0 Å². The Balaban J connectivity index is 1.43. The summed E-state index contributed by atoms with van der Waals surface area (Å²) in [5, 5.41) is 15.7. The van der Waals surface area contributed by atoms with Gasteiger partial charge in [0.15, 0.2) is 5.58 Å². The number of hydrogen-bond donors (Lipinski definition) is 1. The van der Waals surface area contributed by atoms with E-state index in [1.165, 1.54) is 0 Å². The molecule has 1 amide bonds. The summed E-state index contributed by atoms with van der Waals surface area (Å²) in [6.45, 7) is 0.800. The summed E-state index contributed by atoms with van der Waals surface area (Å²) in [5.41, 5.74) is 1.29. The molecule has 1 fully saturated rings. The maximum Gasteiger partial charge on any atom is 0.228 e. The minimum Gasteiger partial charge on any atom is -0.486 e. The summed E-state index contributed by atoms with van der Waals surface area (Å²) < 4.78 is 11.1. The van der Waals surface area contributed by atoms with Crippen LogP contribution in [0.4, 0.5) is 0 Å². The predicted molar refractivity (Wildman–Crippen MR) is 101 cm³/mol. The average molecular weight is 387 g/mol. The molecular weight excluding hydrogens is 368 g/mol. The van der Waals surface area contributed by atoms with Gasteiger partial charge in [-0.25, -0.2) is 0 Å². The highest BCUT2D eigenvalue weighted by molar-refractivity contribution is 6.30. The van der Waals surface area contributed by atoms with E-state index < -0.39 is 12.2 Å². The largest absolute Gasteiger partial charge is 0.486 e. The van der Waals surface area contributed by atoms with Crippen molar-refractivity contribution in [2.45, 2.75) is 25.0 Å². The molecule has 6 nitrogen and oxygen atoms in total. The number of carbonyl (C=O) groups excluding carboxylic acids is 1. The molecule has 0 radical (unpaired) electrons. The van der Waals surface area contributed by atoms with Crippen molar-refractivity contribution in [2.24, 2.45) is 0 Å². The van der Waals surface area contributed by atoms with E-state index in [0.29, 0.717) is 41.6 Å². The third-order valence-corrected chi connectivity index (χ3v) is 5.00. The number of piperidine rings is 1. The Morgan fingerprint density at radius 3 is 2.85 bits per heavy atom. The van der Waals surface area contributed by atoms with Crippen LogP contribution in [0.2, 0.25) is 5.02 Å². The van der Waals surface area contributed by atoms with Crippen LogP contribution in [0.15, 0.2) is 53.1 Å². The summed E-state index contributed by atoms with van der Waals surface area (Å²) in [6, 6.07) is 14.4. The minimum atomic E-state index is -0.627. The number of amides is 1. The van der Waals surface area contributed by atoms with Gasteiger partial charge >= 0.3 is 0 Å². The number of halogens is 1. The van der Waals surface area contributed by atoms with E-state index in [4.69, 9.17) is 20.9 Å². The standard InChI is InChI=1S/C20H19ClN2O4/c21-13-5-7-14(8-6-13)26-19-12-23(10-9-17(19)24)20(25)11-16-15-3-1-2-4-18(15)27-22-16/h1-8,17,19,24H,9-12H2/t17-,19-/m1/s1. The van der Waals surface area contributed by atoms with E-state index in [-0.39, 0.29) is 12.3 Å². The van der Waals surface area contributed by atoms with Crippen molar-refractivity contribution in [3.63, 3.8) is 0 Å². The average Bonchev–Trinajstić information content (AvgIpc) is 3.08. The molecule has 1 N–H and O–H groups in total. The lowest BCUT2D eigenvalue weighted by Gasteiger charge is -2.36.